The molecule has 0 saturated carbocycles. The number of fused-ring (bicyclic) bond motifs is 1. The number of carbonyl (C=O) groups is 1. The third-order valence-electron chi connectivity index (χ3n) is 5.14. The maximum Gasteiger partial charge on any atom is 0.220 e. The molecule has 0 aliphatic carbocycles. The number of nitrogens with zero attached hydrogens (tertiary/aromatic N) is 6. The van der Waals surface area contributed by atoms with Crippen molar-refractivity contribution >= 4 is 11.6 Å². The van der Waals surface area contributed by atoms with Crippen LogP contribution in [0.15, 0.2) is 6.33 Å². The van der Waals surface area contributed by atoms with Gasteiger partial charge in [-0.1, -0.05) is 0 Å². The molecule has 0 saturated heterocycles. The van der Waals surface area contributed by atoms with Crippen LogP contribution in [-0.2, 0) is 24.2 Å². The van der Waals surface area contributed by atoms with Gasteiger partial charge in [0.05, 0.1) is 11.4 Å². The third-order valence-corrected chi connectivity index (χ3v) is 5.14. The minimum Gasteiger partial charge on any atom is -0.356 e. The highest BCUT2D eigenvalue weighted by atomic mass is 16.1. The van der Waals surface area contributed by atoms with Gasteiger partial charge in [0, 0.05) is 30.8 Å². The van der Waals surface area contributed by atoms with Crippen molar-refractivity contribution in [3.05, 3.63) is 40.1 Å². The van der Waals surface area contributed by atoms with Crippen molar-refractivity contribution in [2.24, 2.45) is 0 Å². The maximum absolute atomic E-state index is 12.3. The van der Waals surface area contributed by atoms with E-state index in [2.05, 4.69) is 39.6 Å². The first-order chi connectivity index (χ1) is 12.9. The zero-order valence-corrected chi connectivity index (χ0v) is 16.7. The second-order valence-corrected chi connectivity index (χ2v) is 6.85. The van der Waals surface area contributed by atoms with Crippen LogP contribution in [0.3, 0.4) is 0 Å². The van der Waals surface area contributed by atoms with E-state index in [0.29, 0.717) is 19.4 Å². The molecule has 1 N–H and O–H groups in total. The van der Waals surface area contributed by atoms with Crippen LogP contribution in [0, 0.1) is 27.7 Å². The number of carbonyl (C=O) groups excluding carboxylic acids is 1. The average Bonchev–Trinajstić information content (AvgIpc) is 3.20. The first-order valence-corrected chi connectivity index (χ1v) is 9.38. The van der Waals surface area contributed by atoms with Gasteiger partial charge in [-0.15, -0.1) is 10.2 Å². The van der Waals surface area contributed by atoms with Crippen LogP contribution in [0.5, 0.6) is 0 Å². The van der Waals surface area contributed by atoms with Crippen molar-refractivity contribution in [1.29, 1.82) is 0 Å². The predicted molar refractivity (Wildman–Crippen MR) is 103 cm³/mol. The molecule has 0 spiro atoms. The molecule has 3 aromatic heterocycles. The van der Waals surface area contributed by atoms with E-state index in [9.17, 15) is 4.79 Å². The van der Waals surface area contributed by atoms with E-state index in [1.165, 1.54) is 11.3 Å². The Labute approximate surface area is 159 Å². The average molecular weight is 369 g/mol. The lowest BCUT2D eigenvalue weighted by atomic mass is 10.0. The number of aromatic nitrogens is 6. The number of aryl methyl sites for hydroxylation is 4. The largest absolute Gasteiger partial charge is 0.356 e. The number of nitrogens with one attached hydrogen (secondary N) is 1. The lowest BCUT2D eigenvalue weighted by molar-refractivity contribution is -0.121. The Hall–Kier alpha value is -2.77. The van der Waals surface area contributed by atoms with Crippen LogP contribution in [0.25, 0.3) is 5.65 Å². The van der Waals surface area contributed by atoms with Crippen LogP contribution >= 0.6 is 0 Å². The van der Waals surface area contributed by atoms with E-state index in [0.717, 1.165) is 41.1 Å². The summed E-state index contributed by atoms with van der Waals surface area (Å²) in [5.41, 5.74) is 7.21. The zero-order chi connectivity index (χ0) is 19.6. The van der Waals surface area contributed by atoms with Crippen molar-refractivity contribution in [2.75, 3.05) is 6.54 Å². The predicted octanol–water partition coefficient (Wildman–Crippen LogP) is 1.87. The first-order valence-electron chi connectivity index (χ1n) is 9.38. The molecule has 8 nitrogen and oxygen atoms in total. The second kappa shape index (κ2) is 7.85. The lowest BCUT2D eigenvalue weighted by Gasteiger charge is -2.10. The standard InChI is InChI=1S/C19H27N7O/c1-6-25-15(5)17(14(4)23-25)9-10-20-18(27)8-7-16-12(2)19-22-21-11-26(19)24-13(16)3/h11H,6-10H2,1-5H3,(H,20,27). The number of amides is 1. The fourth-order valence-corrected chi connectivity index (χ4v) is 3.60. The van der Waals surface area contributed by atoms with Gasteiger partial charge in [-0.25, -0.2) is 4.52 Å². The fourth-order valence-electron chi connectivity index (χ4n) is 3.60. The minimum absolute atomic E-state index is 0.0494. The van der Waals surface area contributed by atoms with E-state index in [1.54, 1.807) is 10.8 Å². The summed E-state index contributed by atoms with van der Waals surface area (Å²) in [4.78, 5) is 12.3. The van der Waals surface area contributed by atoms with E-state index in [1.807, 2.05) is 25.5 Å². The van der Waals surface area contributed by atoms with Crippen molar-refractivity contribution in [3.8, 4) is 0 Å². The van der Waals surface area contributed by atoms with Gasteiger partial charge in [-0.05, 0) is 58.6 Å². The normalized spacial score (nSPS) is 11.3. The van der Waals surface area contributed by atoms with E-state index in [4.69, 9.17) is 0 Å². The summed E-state index contributed by atoms with van der Waals surface area (Å²) in [7, 11) is 0. The maximum atomic E-state index is 12.3. The Balaban J connectivity index is 1.56. The van der Waals surface area contributed by atoms with Gasteiger partial charge >= 0.3 is 0 Å². The summed E-state index contributed by atoms with van der Waals surface area (Å²) in [5.74, 6) is 0.0494. The van der Waals surface area contributed by atoms with Gasteiger partial charge in [0.15, 0.2) is 5.65 Å². The highest BCUT2D eigenvalue weighted by Crippen LogP contribution is 2.17. The highest BCUT2D eigenvalue weighted by Gasteiger charge is 2.14. The molecule has 0 aliphatic heterocycles. The summed E-state index contributed by atoms with van der Waals surface area (Å²) in [6, 6.07) is 0. The van der Waals surface area contributed by atoms with Gasteiger partial charge in [0.2, 0.25) is 5.91 Å². The Kier molecular flexibility index (Phi) is 5.53. The van der Waals surface area contributed by atoms with E-state index < -0.39 is 0 Å². The van der Waals surface area contributed by atoms with E-state index in [-0.39, 0.29) is 5.91 Å². The van der Waals surface area contributed by atoms with Crippen LogP contribution in [0.2, 0.25) is 0 Å². The molecule has 0 aromatic carbocycles. The smallest absolute Gasteiger partial charge is 0.220 e. The molecule has 0 unspecified atom stereocenters. The summed E-state index contributed by atoms with van der Waals surface area (Å²) in [6.45, 7) is 11.6. The molecule has 3 aromatic rings. The van der Waals surface area contributed by atoms with Crippen LogP contribution in [-0.4, -0.2) is 42.0 Å². The topological polar surface area (TPSA) is 90.0 Å². The van der Waals surface area contributed by atoms with Crippen LogP contribution < -0.4 is 5.32 Å². The third kappa shape index (κ3) is 3.84. The SMILES string of the molecule is CCn1nc(C)c(CCNC(=O)CCc2c(C)nn3cnnc3c2C)c1C. The van der Waals surface area contributed by atoms with Gasteiger partial charge in [0.1, 0.15) is 6.33 Å². The molecule has 27 heavy (non-hydrogen) atoms. The Morgan fingerprint density at radius 1 is 1.07 bits per heavy atom. The molecular weight excluding hydrogens is 342 g/mol. The van der Waals surface area contributed by atoms with Crippen LogP contribution in [0.1, 0.15) is 47.1 Å². The molecule has 144 valence electrons. The number of hydrogen-bond acceptors (Lipinski definition) is 5. The summed E-state index contributed by atoms with van der Waals surface area (Å²) >= 11 is 0. The highest BCUT2D eigenvalue weighted by molar-refractivity contribution is 5.76. The fraction of sp³-hybridized carbons (Fsp3) is 0.526. The second-order valence-electron chi connectivity index (χ2n) is 6.85. The van der Waals surface area contributed by atoms with Gasteiger partial charge in [-0.3, -0.25) is 9.48 Å². The summed E-state index contributed by atoms with van der Waals surface area (Å²) < 4.78 is 3.68. The lowest BCUT2D eigenvalue weighted by Crippen LogP contribution is -2.26. The van der Waals surface area contributed by atoms with Crippen molar-refractivity contribution < 1.29 is 4.79 Å². The molecule has 1 amide bonds. The van der Waals surface area contributed by atoms with Crippen molar-refractivity contribution in [1.82, 2.24) is 34.9 Å². The molecule has 0 fully saturated rings. The molecule has 0 aliphatic rings. The molecule has 0 atom stereocenters. The molecular formula is C19H27N7O. The molecule has 0 bridgehead atoms. The molecule has 3 heterocycles. The van der Waals surface area contributed by atoms with Crippen molar-refractivity contribution in [3.63, 3.8) is 0 Å². The van der Waals surface area contributed by atoms with Gasteiger partial charge < -0.3 is 5.32 Å². The monoisotopic (exact) mass is 369 g/mol. The van der Waals surface area contributed by atoms with Crippen LogP contribution in [0.4, 0.5) is 0 Å². The summed E-state index contributed by atoms with van der Waals surface area (Å²) in [6.07, 6.45) is 3.47. The molecule has 8 heteroatoms. The Bertz CT molecular complexity index is 970. The number of rotatable bonds is 7. The van der Waals surface area contributed by atoms with E-state index >= 15 is 0 Å². The summed E-state index contributed by atoms with van der Waals surface area (Å²) in [5, 5.41) is 20.0. The quantitative estimate of drug-likeness (QED) is 0.687. The molecule has 3 rings (SSSR count). The van der Waals surface area contributed by atoms with Crippen molar-refractivity contribution in [2.45, 2.75) is 60.4 Å². The zero-order valence-electron chi connectivity index (χ0n) is 16.7. The molecule has 0 radical (unpaired) electrons. The Morgan fingerprint density at radius 3 is 2.52 bits per heavy atom. The van der Waals surface area contributed by atoms with Gasteiger partial charge in [-0.2, -0.15) is 10.2 Å². The van der Waals surface area contributed by atoms with Gasteiger partial charge in [0.25, 0.3) is 0 Å². The minimum atomic E-state index is 0.0494. The number of hydrogen-bond donors (Lipinski definition) is 1. The first kappa shape index (κ1) is 19.0. The Morgan fingerprint density at radius 2 is 1.81 bits per heavy atom.